The van der Waals surface area contributed by atoms with Crippen molar-refractivity contribution >= 4 is 11.8 Å². The first-order chi connectivity index (χ1) is 13.5. The van der Waals surface area contributed by atoms with Gasteiger partial charge in [-0.3, -0.25) is 4.98 Å². The number of nitrogens with two attached hydrogens (primary N) is 1. The molecule has 156 valence electrons. The number of ether oxygens (including phenoxy) is 2. The van der Waals surface area contributed by atoms with Crippen LogP contribution in [-0.4, -0.2) is 40.3 Å². The highest BCUT2D eigenvalue weighted by atomic mass is 16.5. The summed E-state index contributed by atoms with van der Waals surface area (Å²) in [4.78, 5) is 12.7. The van der Waals surface area contributed by atoms with Crippen LogP contribution in [0, 0.1) is 13.8 Å². The third-order valence-electron chi connectivity index (χ3n) is 3.96. The van der Waals surface area contributed by atoms with Crippen molar-refractivity contribution in [2.24, 2.45) is 0 Å². The third kappa shape index (κ3) is 7.19. The van der Waals surface area contributed by atoms with E-state index in [0.29, 0.717) is 18.2 Å². The molecule has 2 heterocycles. The van der Waals surface area contributed by atoms with Gasteiger partial charge < -0.3 is 25.6 Å². The van der Waals surface area contributed by atoms with E-state index in [1.54, 1.807) is 26.4 Å². The molecule has 4 N–H and O–H groups in total. The third-order valence-corrected chi connectivity index (χ3v) is 3.96. The number of rotatable bonds is 9. The van der Waals surface area contributed by atoms with Gasteiger partial charge in [0.25, 0.3) is 0 Å². The van der Waals surface area contributed by atoms with E-state index in [2.05, 4.69) is 27.2 Å². The zero-order valence-electron chi connectivity index (χ0n) is 17.6. The maximum atomic E-state index is 7.57. The summed E-state index contributed by atoms with van der Waals surface area (Å²) in [6.07, 6.45) is 6.77. The van der Waals surface area contributed by atoms with Crippen LogP contribution in [0.1, 0.15) is 49.9 Å². The van der Waals surface area contributed by atoms with Crippen molar-refractivity contribution in [1.29, 1.82) is 0 Å². The first-order valence-corrected chi connectivity index (χ1v) is 9.57. The lowest BCUT2D eigenvalue weighted by atomic mass is 10.1. The molecule has 0 aliphatic carbocycles. The fourth-order valence-electron chi connectivity index (χ4n) is 2.56. The second-order valence-corrected chi connectivity index (χ2v) is 6.23. The largest absolute Gasteiger partial charge is 0.496 e. The molecule has 8 heteroatoms. The molecule has 0 aromatic carbocycles. The summed E-state index contributed by atoms with van der Waals surface area (Å²) in [5.41, 5.74) is 8.48. The molecule has 28 heavy (non-hydrogen) atoms. The molecule has 0 bridgehead atoms. The number of hydrogen-bond donors (Lipinski definition) is 3. The van der Waals surface area contributed by atoms with Gasteiger partial charge in [0.2, 0.25) is 5.95 Å². The fourth-order valence-corrected chi connectivity index (χ4v) is 2.56. The molecule has 0 radical (unpaired) electrons. The lowest BCUT2D eigenvalue weighted by Gasteiger charge is -2.15. The average Bonchev–Trinajstić information content (AvgIpc) is 2.67. The number of methoxy groups -OCH3 is 1. The lowest BCUT2D eigenvalue weighted by Crippen LogP contribution is -2.10. The Bertz CT molecular complexity index is 725. The average molecular weight is 392 g/mol. The molecule has 0 amide bonds. The molecule has 0 spiro atoms. The second-order valence-electron chi connectivity index (χ2n) is 6.23. The molecule has 0 aliphatic heterocycles. The number of aryl methyl sites for hydroxylation is 1. The van der Waals surface area contributed by atoms with Gasteiger partial charge in [-0.25, -0.2) is 4.98 Å². The number of aromatic nitrogens is 3. The van der Waals surface area contributed by atoms with E-state index in [0.717, 1.165) is 48.4 Å². The Hall–Kier alpha value is -2.61. The molecular weight excluding hydrogens is 358 g/mol. The number of nitrogens with one attached hydrogen (secondary N) is 1. The van der Waals surface area contributed by atoms with Gasteiger partial charge in [0.15, 0.2) is 11.6 Å². The van der Waals surface area contributed by atoms with E-state index in [4.69, 9.17) is 20.3 Å². The minimum Gasteiger partial charge on any atom is -0.496 e. The van der Waals surface area contributed by atoms with Crippen LogP contribution in [-0.2, 0) is 6.61 Å². The van der Waals surface area contributed by atoms with Crippen molar-refractivity contribution in [3.63, 3.8) is 0 Å². The van der Waals surface area contributed by atoms with E-state index in [-0.39, 0.29) is 12.6 Å². The van der Waals surface area contributed by atoms with Crippen molar-refractivity contribution in [3.8, 4) is 11.5 Å². The molecule has 8 nitrogen and oxygen atoms in total. The highest BCUT2D eigenvalue weighted by molar-refractivity contribution is 5.51. The van der Waals surface area contributed by atoms with Crippen LogP contribution < -0.4 is 20.5 Å². The highest BCUT2D eigenvalue weighted by Crippen LogP contribution is 2.27. The standard InChI is InChI=1S/C18H27N5O2.C2H6O/c1-5-6-7-8-20-17-15(10-22-18(19)23-17)25-11-14-13(3)16(24-4)12(2)9-21-14;1-2-3/h9-10H,5-8,11H2,1-4H3,(H3,19,20,22,23);3H,2H2,1H3. The predicted molar refractivity (Wildman–Crippen MR) is 112 cm³/mol. The van der Waals surface area contributed by atoms with Crippen LogP contribution in [0.2, 0.25) is 0 Å². The topological polar surface area (TPSA) is 115 Å². The summed E-state index contributed by atoms with van der Waals surface area (Å²) in [7, 11) is 1.66. The molecule has 2 rings (SSSR count). The molecule has 0 saturated carbocycles. The van der Waals surface area contributed by atoms with Gasteiger partial charge in [-0.15, -0.1) is 0 Å². The van der Waals surface area contributed by atoms with Crippen LogP contribution in [0.5, 0.6) is 11.5 Å². The van der Waals surface area contributed by atoms with E-state index in [9.17, 15) is 0 Å². The van der Waals surface area contributed by atoms with Gasteiger partial charge in [-0.2, -0.15) is 4.98 Å². The predicted octanol–water partition coefficient (Wildman–Crippen LogP) is 3.26. The minimum atomic E-state index is 0.219. The monoisotopic (exact) mass is 391 g/mol. The van der Waals surface area contributed by atoms with Crippen molar-refractivity contribution in [2.75, 3.05) is 31.3 Å². The number of pyridine rings is 1. The van der Waals surface area contributed by atoms with Gasteiger partial charge in [0.1, 0.15) is 12.4 Å². The van der Waals surface area contributed by atoms with Crippen LogP contribution in [0.25, 0.3) is 0 Å². The van der Waals surface area contributed by atoms with Gasteiger partial charge in [0, 0.05) is 30.5 Å². The van der Waals surface area contributed by atoms with Crippen LogP contribution >= 0.6 is 0 Å². The number of nitrogen functional groups attached to an aromatic ring is 1. The summed E-state index contributed by atoms with van der Waals surface area (Å²) in [6.45, 7) is 9.16. The first kappa shape index (κ1) is 23.4. The highest BCUT2D eigenvalue weighted by Gasteiger charge is 2.12. The Morgan fingerprint density at radius 1 is 1.14 bits per heavy atom. The van der Waals surface area contributed by atoms with Crippen molar-refractivity contribution < 1.29 is 14.6 Å². The van der Waals surface area contributed by atoms with Gasteiger partial charge in [-0.1, -0.05) is 19.8 Å². The van der Waals surface area contributed by atoms with Gasteiger partial charge in [0.05, 0.1) is 19.0 Å². The Labute approximate surface area is 167 Å². The van der Waals surface area contributed by atoms with Crippen molar-refractivity contribution in [2.45, 2.75) is 53.6 Å². The summed E-state index contributed by atoms with van der Waals surface area (Å²) in [5, 5.41) is 10.8. The lowest BCUT2D eigenvalue weighted by molar-refractivity contribution is 0.298. The zero-order valence-corrected chi connectivity index (χ0v) is 17.6. The Morgan fingerprint density at radius 3 is 2.50 bits per heavy atom. The molecule has 2 aromatic rings. The minimum absolute atomic E-state index is 0.219. The van der Waals surface area contributed by atoms with E-state index >= 15 is 0 Å². The fraction of sp³-hybridized carbons (Fsp3) is 0.550. The van der Waals surface area contributed by atoms with Crippen LogP contribution in [0.3, 0.4) is 0 Å². The maximum absolute atomic E-state index is 7.57. The van der Waals surface area contributed by atoms with Gasteiger partial charge >= 0.3 is 0 Å². The quantitative estimate of drug-likeness (QED) is 0.558. The smallest absolute Gasteiger partial charge is 0.222 e. The van der Waals surface area contributed by atoms with Crippen molar-refractivity contribution in [3.05, 3.63) is 29.2 Å². The summed E-state index contributed by atoms with van der Waals surface area (Å²) in [5.74, 6) is 2.23. The Morgan fingerprint density at radius 2 is 1.86 bits per heavy atom. The summed E-state index contributed by atoms with van der Waals surface area (Å²) >= 11 is 0. The Balaban J connectivity index is 0.00000122. The molecule has 0 saturated heterocycles. The molecule has 0 atom stereocenters. The number of hydrogen-bond acceptors (Lipinski definition) is 8. The van der Waals surface area contributed by atoms with Gasteiger partial charge in [-0.05, 0) is 27.2 Å². The molecule has 0 unspecified atom stereocenters. The number of unbranched alkanes of at least 4 members (excludes halogenated alkanes) is 2. The zero-order chi connectivity index (χ0) is 20.9. The number of anilines is 2. The first-order valence-electron chi connectivity index (χ1n) is 9.57. The molecule has 0 aliphatic rings. The van der Waals surface area contributed by atoms with E-state index in [1.807, 2.05) is 13.8 Å². The molecule has 2 aromatic heterocycles. The van der Waals surface area contributed by atoms with E-state index < -0.39 is 0 Å². The summed E-state index contributed by atoms with van der Waals surface area (Å²) < 4.78 is 11.3. The van der Waals surface area contributed by atoms with E-state index in [1.165, 1.54) is 0 Å². The van der Waals surface area contributed by atoms with Crippen LogP contribution in [0.4, 0.5) is 11.8 Å². The maximum Gasteiger partial charge on any atom is 0.222 e. The Kier molecular flexibility index (Phi) is 10.6. The summed E-state index contributed by atoms with van der Waals surface area (Å²) in [6, 6.07) is 0. The second kappa shape index (κ2) is 12.7. The number of aliphatic hydroxyl groups excluding tert-OH is 1. The molecular formula is C20H33N5O3. The number of nitrogens with zero attached hydrogens (tertiary/aromatic N) is 3. The normalized spacial score (nSPS) is 10.1. The SMILES string of the molecule is CCCCCNc1nc(N)ncc1OCc1ncc(C)c(OC)c1C.CCO. The van der Waals surface area contributed by atoms with Crippen LogP contribution in [0.15, 0.2) is 12.4 Å². The van der Waals surface area contributed by atoms with Crippen molar-refractivity contribution in [1.82, 2.24) is 15.0 Å². The number of aliphatic hydroxyl groups is 1. The molecule has 0 fully saturated rings.